The van der Waals surface area contributed by atoms with E-state index >= 15 is 0 Å². The molecule has 0 aromatic heterocycles. The molecule has 1 heterocycles. The van der Waals surface area contributed by atoms with Gasteiger partial charge in [0.1, 0.15) is 0 Å². The summed E-state index contributed by atoms with van der Waals surface area (Å²) in [5, 5.41) is 3.44. The summed E-state index contributed by atoms with van der Waals surface area (Å²) in [7, 11) is 2.08. The van der Waals surface area contributed by atoms with Gasteiger partial charge >= 0.3 is 0 Å². The van der Waals surface area contributed by atoms with Crippen LogP contribution in [0.25, 0.3) is 0 Å². The summed E-state index contributed by atoms with van der Waals surface area (Å²) in [5.74, 6) is 0. The van der Waals surface area contributed by atoms with Gasteiger partial charge in [0.25, 0.3) is 0 Å². The molecule has 14 heavy (non-hydrogen) atoms. The van der Waals surface area contributed by atoms with Crippen molar-refractivity contribution >= 4 is 0 Å². The third-order valence-corrected chi connectivity index (χ3v) is 4.20. The summed E-state index contributed by atoms with van der Waals surface area (Å²) in [5.41, 5.74) is 0.394. The van der Waals surface area contributed by atoms with Crippen molar-refractivity contribution in [2.75, 3.05) is 20.1 Å². The Kier molecular flexibility index (Phi) is 4.39. The number of likely N-dealkylation sites (tertiary alicyclic amines) is 1. The number of likely N-dealkylation sites (N-methyl/N-ethyl adjacent to an activating group) is 1. The van der Waals surface area contributed by atoms with Crippen LogP contribution in [0.1, 0.15) is 46.5 Å². The molecule has 1 N–H and O–H groups in total. The van der Waals surface area contributed by atoms with Gasteiger partial charge in [-0.2, -0.15) is 0 Å². The molecule has 1 atom stereocenters. The molecule has 84 valence electrons. The Balaban J connectivity index is 2.77. The molecular weight excluding hydrogens is 172 g/mol. The van der Waals surface area contributed by atoms with E-state index in [1.54, 1.807) is 0 Å². The standard InChI is InChI=1S/C12H26N2/c1-5-12(6-2,11(3)13-4)14-9-7-8-10-14/h11,13H,5-10H2,1-4H3. The Morgan fingerprint density at radius 1 is 1.21 bits per heavy atom. The maximum atomic E-state index is 3.44. The lowest BCUT2D eigenvalue weighted by Crippen LogP contribution is -2.58. The molecule has 0 spiro atoms. The van der Waals surface area contributed by atoms with Crippen LogP contribution in [0.15, 0.2) is 0 Å². The molecule has 0 radical (unpaired) electrons. The van der Waals surface area contributed by atoms with Gasteiger partial charge in [-0.05, 0) is 52.7 Å². The summed E-state index contributed by atoms with van der Waals surface area (Å²) >= 11 is 0. The molecule has 1 aliphatic heterocycles. The Labute approximate surface area is 89.1 Å². The van der Waals surface area contributed by atoms with E-state index < -0.39 is 0 Å². The van der Waals surface area contributed by atoms with Gasteiger partial charge in [0.2, 0.25) is 0 Å². The topological polar surface area (TPSA) is 15.3 Å². The molecule has 0 aromatic carbocycles. The second-order valence-electron chi connectivity index (χ2n) is 4.52. The molecule has 2 nitrogen and oxygen atoms in total. The molecule has 2 heteroatoms. The minimum absolute atomic E-state index is 0.394. The Morgan fingerprint density at radius 2 is 1.71 bits per heavy atom. The highest BCUT2D eigenvalue weighted by Gasteiger charge is 2.38. The minimum Gasteiger partial charge on any atom is -0.315 e. The lowest BCUT2D eigenvalue weighted by Gasteiger charge is -2.45. The average Bonchev–Trinajstić information content (AvgIpc) is 2.74. The highest BCUT2D eigenvalue weighted by atomic mass is 15.2. The predicted molar refractivity (Wildman–Crippen MR) is 62.6 cm³/mol. The van der Waals surface area contributed by atoms with E-state index in [1.807, 2.05) is 0 Å². The van der Waals surface area contributed by atoms with Crippen molar-refractivity contribution in [3.8, 4) is 0 Å². The van der Waals surface area contributed by atoms with Gasteiger partial charge in [0.15, 0.2) is 0 Å². The molecule has 0 saturated carbocycles. The van der Waals surface area contributed by atoms with Crippen molar-refractivity contribution in [3.63, 3.8) is 0 Å². The molecule has 1 aliphatic rings. The van der Waals surface area contributed by atoms with Crippen LogP contribution in [0, 0.1) is 0 Å². The first-order chi connectivity index (χ1) is 6.71. The number of rotatable bonds is 5. The van der Waals surface area contributed by atoms with E-state index in [2.05, 4.69) is 38.0 Å². The Morgan fingerprint density at radius 3 is 2.07 bits per heavy atom. The van der Waals surface area contributed by atoms with Crippen LogP contribution in [0.4, 0.5) is 0 Å². The normalized spacial score (nSPS) is 21.4. The first kappa shape index (κ1) is 12.0. The van der Waals surface area contributed by atoms with Gasteiger partial charge in [-0.15, -0.1) is 0 Å². The second-order valence-corrected chi connectivity index (χ2v) is 4.52. The quantitative estimate of drug-likeness (QED) is 0.729. The van der Waals surface area contributed by atoms with E-state index in [1.165, 1.54) is 38.8 Å². The molecule has 1 rings (SSSR count). The maximum Gasteiger partial charge on any atom is 0.0354 e. The van der Waals surface area contributed by atoms with Crippen LogP contribution >= 0.6 is 0 Å². The zero-order valence-corrected chi connectivity index (χ0v) is 10.3. The van der Waals surface area contributed by atoms with Gasteiger partial charge in [0, 0.05) is 11.6 Å². The van der Waals surface area contributed by atoms with Gasteiger partial charge in [-0.1, -0.05) is 13.8 Å². The van der Waals surface area contributed by atoms with Crippen LogP contribution in [0.3, 0.4) is 0 Å². The van der Waals surface area contributed by atoms with E-state index in [4.69, 9.17) is 0 Å². The summed E-state index contributed by atoms with van der Waals surface area (Å²) in [6.45, 7) is 9.58. The third kappa shape index (κ3) is 1.96. The van der Waals surface area contributed by atoms with Crippen LogP contribution in [0.5, 0.6) is 0 Å². The van der Waals surface area contributed by atoms with Crippen LogP contribution in [0.2, 0.25) is 0 Å². The van der Waals surface area contributed by atoms with Gasteiger partial charge < -0.3 is 5.32 Å². The second kappa shape index (κ2) is 5.13. The van der Waals surface area contributed by atoms with Crippen molar-refractivity contribution in [3.05, 3.63) is 0 Å². The molecular formula is C12H26N2. The fraction of sp³-hybridized carbons (Fsp3) is 1.00. The van der Waals surface area contributed by atoms with E-state index in [-0.39, 0.29) is 0 Å². The smallest absolute Gasteiger partial charge is 0.0354 e. The molecule has 0 amide bonds. The fourth-order valence-electron chi connectivity index (χ4n) is 3.01. The predicted octanol–water partition coefficient (Wildman–Crippen LogP) is 2.25. The molecule has 1 fully saturated rings. The molecule has 0 aromatic rings. The Hall–Kier alpha value is -0.0800. The third-order valence-electron chi connectivity index (χ3n) is 4.20. The van der Waals surface area contributed by atoms with Crippen molar-refractivity contribution in [1.29, 1.82) is 0 Å². The first-order valence-corrected chi connectivity index (χ1v) is 6.13. The SMILES string of the molecule is CCC(CC)(C(C)NC)N1CCCC1. The van der Waals surface area contributed by atoms with Crippen molar-refractivity contribution in [2.45, 2.75) is 58.0 Å². The Bertz CT molecular complexity index is 158. The van der Waals surface area contributed by atoms with Crippen LogP contribution in [-0.2, 0) is 0 Å². The summed E-state index contributed by atoms with van der Waals surface area (Å²) < 4.78 is 0. The lowest BCUT2D eigenvalue weighted by atomic mass is 9.84. The first-order valence-electron chi connectivity index (χ1n) is 6.13. The number of nitrogens with one attached hydrogen (secondary N) is 1. The van der Waals surface area contributed by atoms with Crippen molar-refractivity contribution in [2.24, 2.45) is 0 Å². The highest BCUT2D eigenvalue weighted by Crippen LogP contribution is 2.31. The zero-order chi connectivity index (χ0) is 10.6. The molecule has 1 unspecified atom stereocenters. The minimum atomic E-state index is 0.394. The van der Waals surface area contributed by atoms with E-state index in [0.29, 0.717) is 11.6 Å². The van der Waals surface area contributed by atoms with Gasteiger partial charge in [-0.25, -0.2) is 0 Å². The molecule has 0 bridgehead atoms. The monoisotopic (exact) mass is 198 g/mol. The van der Waals surface area contributed by atoms with Crippen LogP contribution < -0.4 is 5.32 Å². The highest BCUT2D eigenvalue weighted by molar-refractivity contribution is 4.97. The number of hydrogen-bond donors (Lipinski definition) is 1. The molecule has 0 aliphatic carbocycles. The maximum absolute atomic E-state index is 3.44. The molecule has 1 saturated heterocycles. The fourth-order valence-corrected chi connectivity index (χ4v) is 3.01. The number of hydrogen-bond acceptors (Lipinski definition) is 2. The van der Waals surface area contributed by atoms with E-state index in [9.17, 15) is 0 Å². The zero-order valence-electron chi connectivity index (χ0n) is 10.3. The van der Waals surface area contributed by atoms with Gasteiger partial charge in [-0.3, -0.25) is 4.90 Å². The summed E-state index contributed by atoms with van der Waals surface area (Å²) in [6.07, 6.45) is 5.29. The number of nitrogens with zero attached hydrogens (tertiary/aromatic N) is 1. The van der Waals surface area contributed by atoms with Crippen molar-refractivity contribution in [1.82, 2.24) is 10.2 Å². The summed E-state index contributed by atoms with van der Waals surface area (Å²) in [4.78, 5) is 2.70. The van der Waals surface area contributed by atoms with E-state index in [0.717, 1.165) is 0 Å². The van der Waals surface area contributed by atoms with Crippen molar-refractivity contribution < 1.29 is 0 Å². The van der Waals surface area contributed by atoms with Gasteiger partial charge in [0.05, 0.1) is 0 Å². The lowest BCUT2D eigenvalue weighted by molar-refractivity contribution is 0.0718. The van der Waals surface area contributed by atoms with Crippen LogP contribution in [-0.4, -0.2) is 36.6 Å². The largest absolute Gasteiger partial charge is 0.315 e. The summed E-state index contributed by atoms with van der Waals surface area (Å²) in [6, 6.07) is 0.593. The average molecular weight is 198 g/mol.